The van der Waals surface area contributed by atoms with Crippen molar-refractivity contribution in [1.82, 2.24) is 19.4 Å². The molecule has 1 amide bonds. The molecule has 1 aliphatic heterocycles. The monoisotopic (exact) mass is 496 g/mol. The number of aryl methyl sites for hydroxylation is 2. The molecule has 1 aliphatic rings. The fourth-order valence-electron chi connectivity index (χ4n) is 4.06. The fraction of sp³-hybridized carbons (Fsp3) is 0.360. The average molecular weight is 497 g/mol. The van der Waals surface area contributed by atoms with Gasteiger partial charge in [0.15, 0.2) is 0 Å². The lowest BCUT2D eigenvalue weighted by molar-refractivity contribution is -0.131. The highest BCUT2D eigenvalue weighted by Gasteiger charge is 2.21. The Kier molecular flexibility index (Phi) is 7.55. The summed E-state index contributed by atoms with van der Waals surface area (Å²) in [6.45, 7) is 6.72. The van der Waals surface area contributed by atoms with Crippen LogP contribution in [0.3, 0.4) is 0 Å². The number of nitrogens with one attached hydrogen (secondary N) is 2. The second-order valence-corrected chi connectivity index (χ2v) is 9.08. The number of amides is 1. The third-order valence-corrected chi connectivity index (χ3v) is 6.48. The molecule has 10 heteroatoms. The largest absolute Gasteiger partial charge is 0.353 e. The number of rotatable bonds is 7. The van der Waals surface area contributed by atoms with E-state index in [1.807, 2.05) is 49.1 Å². The fourth-order valence-corrected chi connectivity index (χ4v) is 4.24. The number of halogens is 1. The van der Waals surface area contributed by atoms with Gasteiger partial charge in [0.2, 0.25) is 5.91 Å². The van der Waals surface area contributed by atoms with Gasteiger partial charge in [-0.2, -0.15) is 0 Å². The Bertz CT molecular complexity index is 1300. The summed E-state index contributed by atoms with van der Waals surface area (Å²) < 4.78 is 1.11. The van der Waals surface area contributed by atoms with E-state index in [0.717, 1.165) is 34.7 Å². The number of anilines is 3. The second-order valence-electron chi connectivity index (χ2n) is 8.68. The van der Waals surface area contributed by atoms with Crippen molar-refractivity contribution in [2.24, 2.45) is 0 Å². The topological polar surface area (TPSA) is 103 Å². The SMILES string of the molecule is Cc1cccc(N2CCN(C(=O)CCCn3c(=O)cc(Nc4ccc(C)c(Cl)c4)[nH]c3=O)CC2)n1. The van der Waals surface area contributed by atoms with E-state index in [0.29, 0.717) is 30.2 Å². The van der Waals surface area contributed by atoms with E-state index in [9.17, 15) is 14.4 Å². The molecule has 0 bridgehead atoms. The van der Waals surface area contributed by atoms with Crippen molar-refractivity contribution < 1.29 is 4.79 Å². The van der Waals surface area contributed by atoms with Crippen molar-refractivity contribution in [1.29, 1.82) is 0 Å². The van der Waals surface area contributed by atoms with E-state index in [-0.39, 0.29) is 24.7 Å². The number of H-pyrrole nitrogens is 1. The summed E-state index contributed by atoms with van der Waals surface area (Å²) in [4.78, 5) is 48.9. The molecule has 184 valence electrons. The van der Waals surface area contributed by atoms with Crippen molar-refractivity contribution >= 4 is 34.8 Å². The van der Waals surface area contributed by atoms with E-state index in [4.69, 9.17) is 11.6 Å². The molecular weight excluding hydrogens is 468 g/mol. The molecule has 0 atom stereocenters. The van der Waals surface area contributed by atoms with Crippen LogP contribution < -0.4 is 21.5 Å². The van der Waals surface area contributed by atoms with Crippen molar-refractivity contribution in [3.8, 4) is 0 Å². The first kappa shape index (κ1) is 24.5. The van der Waals surface area contributed by atoms with E-state index in [2.05, 4.69) is 20.2 Å². The van der Waals surface area contributed by atoms with Gasteiger partial charge in [-0.15, -0.1) is 0 Å². The average Bonchev–Trinajstić information content (AvgIpc) is 2.83. The van der Waals surface area contributed by atoms with Crippen LogP contribution in [0.15, 0.2) is 52.1 Å². The maximum absolute atomic E-state index is 12.7. The van der Waals surface area contributed by atoms with E-state index in [1.54, 1.807) is 6.07 Å². The normalized spacial score (nSPS) is 13.7. The molecule has 9 nitrogen and oxygen atoms in total. The Morgan fingerprint density at radius 1 is 1.09 bits per heavy atom. The lowest BCUT2D eigenvalue weighted by Gasteiger charge is -2.35. The zero-order valence-electron chi connectivity index (χ0n) is 19.9. The van der Waals surface area contributed by atoms with Crippen LogP contribution >= 0.6 is 11.6 Å². The minimum atomic E-state index is -0.523. The van der Waals surface area contributed by atoms with Gasteiger partial charge in [0.05, 0.1) is 0 Å². The standard InChI is InChI=1S/C25H29ClN6O3/c1-17-8-9-19(15-20(17)26)28-21-16-24(34)32(25(35)29-21)10-4-7-23(33)31-13-11-30(12-14-31)22-6-3-5-18(2)27-22/h3,5-6,8-9,15-16,28H,4,7,10-14H2,1-2H3,(H,29,35). The molecule has 0 spiro atoms. The van der Waals surface area contributed by atoms with Crippen LogP contribution in [0.2, 0.25) is 5.02 Å². The highest BCUT2D eigenvalue weighted by molar-refractivity contribution is 6.31. The van der Waals surface area contributed by atoms with Gasteiger partial charge in [0.25, 0.3) is 5.56 Å². The number of aromatic nitrogens is 3. The molecule has 4 rings (SSSR count). The molecule has 0 radical (unpaired) electrons. The smallest absolute Gasteiger partial charge is 0.329 e. The minimum absolute atomic E-state index is 0.0286. The molecule has 35 heavy (non-hydrogen) atoms. The lowest BCUT2D eigenvalue weighted by atomic mass is 10.2. The van der Waals surface area contributed by atoms with E-state index in [1.165, 1.54) is 6.07 Å². The quantitative estimate of drug-likeness (QED) is 0.521. The van der Waals surface area contributed by atoms with Crippen LogP contribution in [0, 0.1) is 13.8 Å². The first-order valence-electron chi connectivity index (χ1n) is 11.6. The van der Waals surface area contributed by atoms with Crippen molar-refractivity contribution in [2.75, 3.05) is 36.4 Å². The van der Waals surface area contributed by atoms with Crippen LogP contribution in [0.25, 0.3) is 0 Å². The maximum atomic E-state index is 12.7. The molecule has 0 aliphatic carbocycles. The van der Waals surface area contributed by atoms with Gasteiger partial charge >= 0.3 is 5.69 Å². The number of benzene rings is 1. The predicted molar refractivity (Wildman–Crippen MR) is 138 cm³/mol. The second kappa shape index (κ2) is 10.8. The lowest BCUT2D eigenvalue weighted by Crippen LogP contribution is -2.49. The molecule has 0 saturated carbocycles. The first-order valence-corrected chi connectivity index (χ1v) is 12.0. The summed E-state index contributed by atoms with van der Waals surface area (Å²) in [6.07, 6.45) is 0.679. The number of nitrogens with zero attached hydrogens (tertiary/aromatic N) is 4. The molecule has 1 aromatic carbocycles. The summed E-state index contributed by atoms with van der Waals surface area (Å²) >= 11 is 6.13. The van der Waals surface area contributed by atoms with E-state index >= 15 is 0 Å². The Morgan fingerprint density at radius 3 is 2.54 bits per heavy atom. The molecule has 0 unspecified atom stereocenters. The molecule has 2 N–H and O–H groups in total. The highest BCUT2D eigenvalue weighted by atomic mass is 35.5. The minimum Gasteiger partial charge on any atom is -0.353 e. The van der Waals surface area contributed by atoms with Crippen molar-refractivity contribution in [2.45, 2.75) is 33.2 Å². The third-order valence-electron chi connectivity index (χ3n) is 6.07. The Labute approximate surface area is 208 Å². The number of hydrogen-bond donors (Lipinski definition) is 2. The van der Waals surface area contributed by atoms with Gasteiger partial charge < -0.3 is 15.1 Å². The molecule has 3 aromatic rings. The van der Waals surface area contributed by atoms with Gasteiger partial charge in [0.1, 0.15) is 11.6 Å². The van der Waals surface area contributed by atoms with Gasteiger partial charge in [-0.1, -0.05) is 23.7 Å². The maximum Gasteiger partial charge on any atom is 0.329 e. The number of hydrogen-bond acceptors (Lipinski definition) is 6. The molecule has 1 saturated heterocycles. The van der Waals surface area contributed by atoms with Gasteiger partial charge in [-0.05, 0) is 50.1 Å². The van der Waals surface area contributed by atoms with E-state index < -0.39 is 11.2 Å². The van der Waals surface area contributed by atoms with Crippen LogP contribution in [-0.4, -0.2) is 51.5 Å². The number of aromatic amines is 1. The summed E-state index contributed by atoms with van der Waals surface area (Å²) in [5.74, 6) is 1.24. The first-order chi connectivity index (χ1) is 16.8. The molecule has 2 aromatic heterocycles. The Morgan fingerprint density at radius 2 is 1.86 bits per heavy atom. The molecule has 1 fully saturated rings. The Balaban J connectivity index is 1.29. The van der Waals surface area contributed by atoms with Gasteiger partial charge in [-0.25, -0.2) is 9.78 Å². The zero-order valence-corrected chi connectivity index (χ0v) is 20.6. The molecular formula is C25H29ClN6O3. The Hall–Kier alpha value is -3.59. The summed E-state index contributed by atoms with van der Waals surface area (Å²) in [5, 5.41) is 3.58. The zero-order chi connectivity index (χ0) is 24.9. The summed E-state index contributed by atoms with van der Waals surface area (Å²) in [7, 11) is 0. The summed E-state index contributed by atoms with van der Waals surface area (Å²) in [6, 6.07) is 12.6. The van der Waals surface area contributed by atoms with Crippen molar-refractivity contribution in [3.05, 3.63) is 79.6 Å². The van der Waals surface area contributed by atoms with Crippen LogP contribution in [0.4, 0.5) is 17.3 Å². The van der Waals surface area contributed by atoms with Crippen LogP contribution in [0.1, 0.15) is 24.1 Å². The predicted octanol–water partition coefficient (Wildman–Crippen LogP) is 3.07. The number of carbonyl (C=O) groups excluding carboxylic acids is 1. The van der Waals surface area contributed by atoms with Gasteiger partial charge in [-0.3, -0.25) is 19.1 Å². The molecule has 3 heterocycles. The highest BCUT2D eigenvalue weighted by Crippen LogP contribution is 2.21. The third kappa shape index (κ3) is 6.10. The van der Waals surface area contributed by atoms with Gasteiger partial charge in [0, 0.05) is 61.6 Å². The number of piperazine rings is 1. The van der Waals surface area contributed by atoms with Crippen LogP contribution in [0.5, 0.6) is 0 Å². The van der Waals surface area contributed by atoms with Crippen molar-refractivity contribution in [3.63, 3.8) is 0 Å². The number of pyridine rings is 1. The number of carbonyl (C=O) groups is 1. The summed E-state index contributed by atoms with van der Waals surface area (Å²) in [5.41, 5.74) is 1.61. The van der Waals surface area contributed by atoms with Crippen LogP contribution in [-0.2, 0) is 11.3 Å².